The van der Waals surface area contributed by atoms with Crippen molar-refractivity contribution < 1.29 is 0 Å². The van der Waals surface area contributed by atoms with Gasteiger partial charge in [-0.2, -0.15) is 0 Å². The van der Waals surface area contributed by atoms with Crippen molar-refractivity contribution >= 4 is 28.1 Å². The lowest BCUT2D eigenvalue weighted by Crippen LogP contribution is -2.18. The number of hydrogen-bond donors (Lipinski definition) is 1. The molecule has 0 saturated heterocycles. The monoisotopic (exact) mass is 303 g/mol. The molecule has 0 amide bonds. The molecule has 3 nitrogen and oxygen atoms in total. The highest BCUT2D eigenvalue weighted by molar-refractivity contribution is 7.98. The number of likely N-dealkylation sites (N-methyl/N-ethyl adjacent to an activating group) is 1. The predicted octanol–water partition coefficient (Wildman–Crippen LogP) is 3.62. The highest BCUT2D eigenvalue weighted by atomic mass is 32.2. The molecular formula is C15H17N3S2. The van der Waals surface area contributed by atoms with E-state index >= 15 is 0 Å². The molecule has 0 saturated carbocycles. The van der Waals surface area contributed by atoms with Crippen molar-refractivity contribution in [3.8, 4) is 0 Å². The second-order valence-electron chi connectivity index (χ2n) is 4.64. The third-order valence-corrected chi connectivity index (χ3v) is 4.94. The molecule has 2 aromatic heterocycles. The van der Waals surface area contributed by atoms with Gasteiger partial charge >= 0.3 is 0 Å². The van der Waals surface area contributed by atoms with Gasteiger partial charge in [0.05, 0.1) is 5.69 Å². The van der Waals surface area contributed by atoms with Gasteiger partial charge in [-0.15, -0.1) is 23.1 Å². The molecule has 0 spiro atoms. The fraction of sp³-hybridized carbons (Fsp3) is 0.267. The van der Waals surface area contributed by atoms with Crippen LogP contribution in [0.4, 0.5) is 0 Å². The Morgan fingerprint density at radius 3 is 2.80 bits per heavy atom. The Hall–Kier alpha value is -1.30. The molecule has 0 bridgehead atoms. The molecule has 0 aliphatic carbocycles. The molecule has 1 unspecified atom stereocenters. The maximum absolute atomic E-state index is 4.66. The number of thiazole rings is 1. The first-order chi connectivity index (χ1) is 9.80. The van der Waals surface area contributed by atoms with Gasteiger partial charge < -0.3 is 5.32 Å². The van der Waals surface area contributed by atoms with Crippen LogP contribution in [0.3, 0.4) is 0 Å². The summed E-state index contributed by atoms with van der Waals surface area (Å²) in [6.45, 7) is 0. The Bertz CT molecular complexity index is 656. The van der Waals surface area contributed by atoms with E-state index in [4.69, 9.17) is 0 Å². The van der Waals surface area contributed by atoms with Crippen molar-refractivity contribution in [1.29, 1.82) is 0 Å². The number of thioether (sulfide) groups is 1. The highest BCUT2D eigenvalue weighted by Gasteiger charge is 2.12. The van der Waals surface area contributed by atoms with Gasteiger partial charge in [-0.05, 0) is 31.0 Å². The summed E-state index contributed by atoms with van der Waals surface area (Å²) in [6, 6.07) is 9.05. The van der Waals surface area contributed by atoms with Crippen LogP contribution in [-0.2, 0) is 6.42 Å². The molecule has 104 valence electrons. The molecule has 1 N–H and O–H groups in total. The zero-order chi connectivity index (χ0) is 13.9. The van der Waals surface area contributed by atoms with Gasteiger partial charge in [-0.25, -0.2) is 4.98 Å². The Morgan fingerprint density at radius 2 is 2.15 bits per heavy atom. The van der Waals surface area contributed by atoms with E-state index < -0.39 is 0 Å². The van der Waals surface area contributed by atoms with Gasteiger partial charge in [0.2, 0.25) is 0 Å². The van der Waals surface area contributed by atoms with E-state index in [1.807, 2.05) is 7.05 Å². The molecule has 0 aliphatic rings. The van der Waals surface area contributed by atoms with E-state index in [9.17, 15) is 0 Å². The normalized spacial score (nSPS) is 12.9. The Labute approximate surface area is 127 Å². The van der Waals surface area contributed by atoms with Gasteiger partial charge in [0.25, 0.3) is 0 Å². The van der Waals surface area contributed by atoms with Gasteiger partial charge in [0.1, 0.15) is 0 Å². The number of nitrogens with one attached hydrogen (secondary N) is 1. The third-order valence-electron chi connectivity index (χ3n) is 3.42. The lowest BCUT2D eigenvalue weighted by atomic mass is 10.0. The maximum atomic E-state index is 4.66. The number of hydrogen-bond acceptors (Lipinski definition) is 4. The molecule has 1 aromatic carbocycles. The number of aromatic nitrogens is 2. The summed E-state index contributed by atoms with van der Waals surface area (Å²) >= 11 is 3.44. The smallest absolute Gasteiger partial charge is 0.193 e. The lowest BCUT2D eigenvalue weighted by molar-refractivity contribution is 0.585. The van der Waals surface area contributed by atoms with Crippen LogP contribution >= 0.6 is 23.1 Å². The number of nitrogens with zero attached hydrogens (tertiary/aromatic N) is 2. The molecule has 20 heavy (non-hydrogen) atoms. The Balaban J connectivity index is 1.80. The number of imidazole rings is 1. The number of rotatable bonds is 5. The minimum Gasteiger partial charge on any atom is -0.313 e. The second-order valence-corrected chi connectivity index (χ2v) is 6.40. The van der Waals surface area contributed by atoms with E-state index in [2.05, 4.69) is 63.0 Å². The maximum Gasteiger partial charge on any atom is 0.193 e. The molecule has 2 heterocycles. The van der Waals surface area contributed by atoms with Gasteiger partial charge in [0.15, 0.2) is 4.96 Å². The molecule has 3 aromatic rings. The standard InChI is InChI=1S/C15H17N3S2/c1-16-14(11-3-5-13(19-2)6-4-11)9-12-10-18-7-8-20-15(18)17-12/h3-8,10,14,16H,9H2,1-2H3. The fourth-order valence-corrected chi connectivity index (χ4v) is 3.43. The zero-order valence-electron chi connectivity index (χ0n) is 11.5. The molecule has 0 fully saturated rings. The van der Waals surface area contributed by atoms with E-state index in [-0.39, 0.29) is 0 Å². The first kappa shape index (κ1) is 13.7. The van der Waals surface area contributed by atoms with Crippen LogP contribution in [0, 0.1) is 0 Å². The second kappa shape index (κ2) is 5.99. The lowest BCUT2D eigenvalue weighted by Gasteiger charge is -2.15. The van der Waals surface area contributed by atoms with Crippen molar-refractivity contribution in [2.24, 2.45) is 0 Å². The first-order valence-corrected chi connectivity index (χ1v) is 8.63. The van der Waals surface area contributed by atoms with Crippen molar-refractivity contribution in [1.82, 2.24) is 14.7 Å². The summed E-state index contributed by atoms with van der Waals surface area (Å²) in [7, 11) is 2.01. The van der Waals surface area contributed by atoms with Crippen molar-refractivity contribution in [3.05, 3.63) is 53.3 Å². The van der Waals surface area contributed by atoms with Crippen LogP contribution in [-0.4, -0.2) is 22.7 Å². The van der Waals surface area contributed by atoms with Crippen LogP contribution in [0.1, 0.15) is 17.3 Å². The summed E-state index contributed by atoms with van der Waals surface area (Å²) in [5.74, 6) is 0. The quantitative estimate of drug-likeness (QED) is 0.730. The van der Waals surface area contributed by atoms with E-state index in [1.54, 1.807) is 23.1 Å². The highest BCUT2D eigenvalue weighted by Crippen LogP contribution is 2.22. The molecule has 3 rings (SSSR count). The van der Waals surface area contributed by atoms with Gasteiger partial charge in [0, 0.05) is 35.1 Å². The minimum absolute atomic E-state index is 0.301. The van der Waals surface area contributed by atoms with Gasteiger partial charge in [-0.1, -0.05) is 12.1 Å². The molecular weight excluding hydrogens is 286 g/mol. The van der Waals surface area contributed by atoms with Crippen LogP contribution in [0.25, 0.3) is 4.96 Å². The average Bonchev–Trinajstić information content (AvgIpc) is 3.06. The van der Waals surface area contributed by atoms with Crippen molar-refractivity contribution in [2.45, 2.75) is 17.4 Å². The van der Waals surface area contributed by atoms with Crippen LogP contribution in [0.5, 0.6) is 0 Å². The van der Waals surface area contributed by atoms with Crippen LogP contribution in [0.2, 0.25) is 0 Å². The summed E-state index contributed by atoms with van der Waals surface area (Å²) in [5.41, 5.74) is 2.44. The fourth-order valence-electron chi connectivity index (χ4n) is 2.31. The first-order valence-electron chi connectivity index (χ1n) is 6.52. The molecule has 0 radical (unpaired) electrons. The van der Waals surface area contributed by atoms with Crippen molar-refractivity contribution in [3.63, 3.8) is 0 Å². The van der Waals surface area contributed by atoms with E-state index in [1.165, 1.54) is 10.5 Å². The third kappa shape index (κ3) is 2.75. The molecule has 1 atom stereocenters. The van der Waals surface area contributed by atoms with Crippen molar-refractivity contribution in [2.75, 3.05) is 13.3 Å². The SMILES string of the molecule is CNC(Cc1cn2ccsc2n1)c1ccc(SC)cc1. The summed E-state index contributed by atoms with van der Waals surface area (Å²) in [5, 5.41) is 5.45. The summed E-state index contributed by atoms with van der Waals surface area (Å²) < 4.78 is 2.09. The Morgan fingerprint density at radius 1 is 1.35 bits per heavy atom. The average molecular weight is 303 g/mol. The zero-order valence-corrected chi connectivity index (χ0v) is 13.2. The molecule has 0 aliphatic heterocycles. The largest absolute Gasteiger partial charge is 0.313 e. The topological polar surface area (TPSA) is 29.3 Å². The van der Waals surface area contributed by atoms with Gasteiger partial charge in [-0.3, -0.25) is 4.40 Å². The Kier molecular flexibility index (Phi) is 4.10. The number of fused-ring (bicyclic) bond motifs is 1. The van der Waals surface area contributed by atoms with E-state index in [0.717, 1.165) is 17.1 Å². The van der Waals surface area contributed by atoms with Crippen LogP contribution < -0.4 is 5.32 Å². The predicted molar refractivity (Wildman–Crippen MR) is 86.8 cm³/mol. The molecule has 5 heteroatoms. The number of benzene rings is 1. The summed E-state index contributed by atoms with van der Waals surface area (Å²) in [6.07, 6.45) is 7.18. The minimum atomic E-state index is 0.301. The van der Waals surface area contributed by atoms with E-state index in [0.29, 0.717) is 6.04 Å². The summed E-state index contributed by atoms with van der Waals surface area (Å²) in [4.78, 5) is 7.02. The van der Waals surface area contributed by atoms with Crippen LogP contribution in [0.15, 0.2) is 46.9 Å².